The summed E-state index contributed by atoms with van der Waals surface area (Å²) >= 11 is 0. The molecule has 0 saturated carbocycles. The smallest absolute Gasteiger partial charge is 0.313 e. The molecule has 0 aliphatic carbocycles. The van der Waals surface area contributed by atoms with Crippen molar-refractivity contribution in [2.45, 2.75) is 27.2 Å². The molecule has 0 N–H and O–H groups in total. The van der Waals surface area contributed by atoms with Crippen molar-refractivity contribution in [3.05, 3.63) is 29.8 Å². The lowest BCUT2D eigenvalue weighted by molar-refractivity contribution is -0.137. The zero-order valence-electron chi connectivity index (χ0n) is 8.91. The van der Waals surface area contributed by atoms with Crippen molar-refractivity contribution in [2.24, 2.45) is 5.92 Å². The maximum absolute atomic E-state index is 11.2. The Balaban J connectivity index is 2.64. The van der Waals surface area contributed by atoms with Crippen LogP contribution < -0.4 is 4.74 Å². The van der Waals surface area contributed by atoms with Gasteiger partial charge in [0.05, 0.1) is 5.92 Å². The van der Waals surface area contributed by atoms with Gasteiger partial charge in [0, 0.05) is 0 Å². The van der Waals surface area contributed by atoms with E-state index in [4.69, 9.17) is 4.74 Å². The highest BCUT2D eigenvalue weighted by molar-refractivity contribution is 5.74. The highest BCUT2D eigenvalue weighted by Gasteiger charge is 2.08. The Hall–Kier alpha value is -1.31. The SMILES string of the molecule is CCc1ccc(OC(=O)C(C)C)cc1. The van der Waals surface area contributed by atoms with Crippen LogP contribution in [0.1, 0.15) is 26.3 Å². The van der Waals surface area contributed by atoms with E-state index in [1.54, 1.807) is 0 Å². The van der Waals surface area contributed by atoms with E-state index in [2.05, 4.69) is 6.92 Å². The van der Waals surface area contributed by atoms with Crippen LogP contribution in [-0.4, -0.2) is 5.97 Å². The molecule has 76 valence electrons. The molecule has 0 saturated heterocycles. The number of hydrogen-bond acceptors (Lipinski definition) is 2. The number of carbonyl (C=O) groups excluding carboxylic acids is 1. The molecule has 1 aromatic rings. The van der Waals surface area contributed by atoms with Crippen molar-refractivity contribution in [3.63, 3.8) is 0 Å². The van der Waals surface area contributed by atoms with Gasteiger partial charge >= 0.3 is 5.97 Å². The Labute approximate surface area is 84.9 Å². The Bertz CT molecular complexity index is 299. The molecule has 0 spiro atoms. The molecule has 0 unspecified atom stereocenters. The first kappa shape index (κ1) is 10.8. The van der Waals surface area contributed by atoms with Crippen molar-refractivity contribution in [2.75, 3.05) is 0 Å². The van der Waals surface area contributed by atoms with Gasteiger partial charge in [-0.05, 0) is 24.1 Å². The standard InChI is InChI=1S/C12H16O2/c1-4-10-5-7-11(8-6-10)14-12(13)9(2)3/h5-9H,4H2,1-3H3. The minimum absolute atomic E-state index is 0.0825. The van der Waals surface area contributed by atoms with Crippen molar-refractivity contribution in [1.82, 2.24) is 0 Å². The van der Waals surface area contributed by atoms with E-state index in [1.165, 1.54) is 5.56 Å². The van der Waals surface area contributed by atoms with Crippen LogP contribution in [0.2, 0.25) is 0 Å². The number of carbonyl (C=O) groups is 1. The van der Waals surface area contributed by atoms with Gasteiger partial charge in [-0.2, -0.15) is 0 Å². The predicted octanol–water partition coefficient (Wildman–Crippen LogP) is 2.81. The average Bonchev–Trinajstić information content (AvgIpc) is 2.19. The van der Waals surface area contributed by atoms with E-state index in [9.17, 15) is 4.79 Å². The Morgan fingerprint density at radius 1 is 1.29 bits per heavy atom. The second kappa shape index (κ2) is 4.80. The minimum Gasteiger partial charge on any atom is -0.426 e. The van der Waals surface area contributed by atoms with Crippen LogP contribution in [0.25, 0.3) is 0 Å². The first-order valence-corrected chi connectivity index (χ1v) is 4.94. The van der Waals surface area contributed by atoms with Crippen molar-refractivity contribution in [3.8, 4) is 5.75 Å². The van der Waals surface area contributed by atoms with Crippen molar-refractivity contribution >= 4 is 5.97 Å². The zero-order valence-corrected chi connectivity index (χ0v) is 8.91. The molecular weight excluding hydrogens is 176 g/mol. The largest absolute Gasteiger partial charge is 0.426 e. The van der Waals surface area contributed by atoms with Crippen LogP contribution in [-0.2, 0) is 11.2 Å². The number of benzene rings is 1. The van der Waals surface area contributed by atoms with Crippen molar-refractivity contribution in [1.29, 1.82) is 0 Å². The second-order valence-electron chi connectivity index (χ2n) is 3.57. The molecule has 14 heavy (non-hydrogen) atoms. The molecule has 0 radical (unpaired) electrons. The summed E-state index contributed by atoms with van der Waals surface area (Å²) in [5, 5.41) is 0. The van der Waals surface area contributed by atoms with Gasteiger partial charge in [0.15, 0.2) is 0 Å². The fourth-order valence-electron chi connectivity index (χ4n) is 1.03. The number of aryl methyl sites for hydroxylation is 1. The first-order valence-electron chi connectivity index (χ1n) is 4.94. The summed E-state index contributed by atoms with van der Waals surface area (Å²) in [6.45, 7) is 5.74. The lowest BCUT2D eigenvalue weighted by Gasteiger charge is -2.06. The van der Waals surface area contributed by atoms with Crippen LogP contribution in [0.3, 0.4) is 0 Å². The number of ether oxygens (including phenoxy) is 1. The van der Waals surface area contributed by atoms with Crippen LogP contribution >= 0.6 is 0 Å². The molecule has 0 aliphatic heterocycles. The molecular formula is C12H16O2. The fraction of sp³-hybridized carbons (Fsp3) is 0.417. The summed E-state index contributed by atoms with van der Waals surface area (Å²) in [6.07, 6.45) is 0.998. The number of esters is 1. The maximum atomic E-state index is 11.2. The van der Waals surface area contributed by atoms with Gasteiger partial charge in [0.25, 0.3) is 0 Å². The molecule has 0 amide bonds. The summed E-state index contributed by atoms with van der Waals surface area (Å²) in [5.41, 5.74) is 1.24. The van der Waals surface area contributed by atoms with Crippen molar-refractivity contribution < 1.29 is 9.53 Å². The monoisotopic (exact) mass is 192 g/mol. The van der Waals surface area contributed by atoms with Gasteiger partial charge in [0.1, 0.15) is 5.75 Å². The molecule has 0 bridgehead atoms. The zero-order chi connectivity index (χ0) is 10.6. The summed E-state index contributed by atoms with van der Waals surface area (Å²) in [5.74, 6) is 0.357. The summed E-state index contributed by atoms with van der Waals surface area (Å²) in [6, 6.07) is 7.62. The fourth-order valence-corrected chi connectivity index (χ4v) is 1.03. The highest BCUT2D eigenvalue weighted by atomic mass is 16.5. The topological polar surface area (TPSA) is 26.3 Å². The van der Waals surface area contributed by atoms with Gasteiger partial charge in [-0.25, -0.2) is 0 Å². The summed E-state index contributed by atoms with van der Waals surface area (Å²) in [7, 11) is 0. The Kier molecular flexibility index (Phi) is 3.69. The lowest BCUT2D eigenvalue weighted by Crippen LogP contribution is -2.14. The molecule has 0 fully saturated rings. The molecule has 2 heteroatoms. The highest BCUT2D eigenvalue weighted by Crippen LogP contribution is 2.13. The molecule has 0 atom stereocenters. The molecule has 0 aromatic heterocycles. The van der Waals surface area contributed by atoms with E-state index >= 15 is 0 Å². The molecule has 2 nitrogen and oxygen atoms in total. The maximum Gasteiger partial charge on any atom is 0.313 e. The quantitative estimate of drug-likeness (QED) is 0.543. The predicted molar refractivity (Wildman–Crippen MR) is 56.3 cm³/mol. The van der Waals surface area contributed by atoms with E-state index in [0.29, 0.717) is 5.75 Å². The molecule has 0 aliphatic rings. The lowest BCUT2D eigenvalue weighted by atomic mass is 10.2. The summed E-state index contributed by atoms with van der Waals surface area (Å²) < 4.78 is 5.14. The van der Waals surface area contributed by atoms with E-state index in [1.807, 2.05) is 38.1 Å². The van der Waals surface area contributed by atoms with E-state index < -0.39 is 0 Å². The Morgan fingerprint density at radius 3 is 2.29 bits per heavy atom. The molecule has 0 heterocycles. The average molecular weight is 192 g/mol. The van der Waals surface area contributed by atoms with Crippen LogP contribution in [0.4, 0.5) is 0 Å². The Morgan fingerprint density at radius 2 is 1.86 bits per heavy atom. The number of hydrogen-bond donors (Lipinski definition) is 0. The van der Waals surface area contributed by atoms with Gasteiger partial charge in [-0.1, -0.05) is 32.9 Å². The first-order chi connectivity index (χ1) is 6.63. The van der Waals surface area contributed by atoms with E-state index in [-0.39, 0.29) is 11.9 Å². The van der Waals surface area contributed by atoms with Crippen LogP contribution in [0.5, 0.6) is 5.75 Å². The normalized spacial score (nSPS) is 10.3. The van der Waals surface area contributed by atoms with Gasteiger partial charge in [-0.3, -0.25) is 4.79 Å². The molecule has 1 rings (SSSR count). The molecule has 1 aromatic carbocycles. The summed E-state index contributed by atoms with van der Waals surface area (Å²) in [4.78, 5) is 11.2. The van der Waals surface area contributed by atoms with Gasteiger partial charge in [-0.15, -0.1) is 0 Å². The minimum atomic E-state index is -0.186. The third-order valence-electron chi connectivity index (χ3n) is 2.02. The third kappa shape index (κ3) is 2.87. The van der Waals surface area contributed by atoms with Crippen LogP contribution in [0.15, 0.2) is 24.3 Å². The van der Waals surface area contributed by atoms with Gasteiger partial charge in [0.2, 0.25) is 0 Å². The third-order valence-corrected chi connectivity index (χ3v) is 2.02. The van der Waals surface area contributed by atoms with Gasteiger partial charge < -0.3 is 4.74 Å². The number of rotatable bonds is 3. The second-order valence-corrected chi connectivity index (χ2v) is 3.57. The van der Waals surface area contributed by atoms with Crippen LogP contribution in [0, 0.1) is 5.92 Å². The van der Waals surface area contributed by atoms with E-state index in [0.717, 1.165) is 6.42 Å².